The van der Waals surface area contributed by atoms with Gasteiger partial charge in [0.05, 0.1) is 5.92 Å². The summed E-state index contributed by atoms with van der Waals surface area (Å²) in [4.78, 5) is 25.0. The number of carbonyl (C=O) groups is 2. The van der Waals surface area contributed by atoms with Crippen molar-refractivity contribution in [1.29, 1.82) is 0 Å². The van der Waals surface area contributed by atoms with E-state index in [2.05, 4.69) is 5.32 Å². The Balaban J connectivity index is 2.09. The van der Waals surface area contributed by atoms with Crippen LogP contribution in [0.5, 0.6) is 0 Å². The van der Waals surface area contributed by atoms with Gasteiger partial charge in [-0.3, -0.25) is 9.69 Å². The third-order valence-corrected chi connectivity index (χ3v) is 3.38. The minimum Gasteiger partial charge on any atom is -0.337 e. The lowest BCUT2D eigenvalue weighted by Crippen LogP contribution is -2.58. The lowest BCUT2D eigenvalue weighted by molar-refractivity contribution is -0.135. The van der Waals surface area contributed by atoms with Crippen molar-refractivity contribution in [2.45, 2.75) is 45.1 Å². The summed E-state index contributed by atoms with van der Waals surface area (Å²) in [6.45, 7) is 2.36. The Morgan fingerprint density at radius 3 is 2.53 bits per heavy atom. The standard InChI is InChI=1S/C11H18N2O2/c1-8-7-12-11(15)13(10(8)14)9-5-3-2-4-6-9/h8-9H,2-7H2,1H3,(H,12,15). The summed E-state index contributed by atoms with van der Waals surface area (Å²) >= 11 is 0. The molecule has 3 amide bonds. The first-order chi connectivity index (χ1) is 7.20. The van der Waals surface area contributed by atoms with E-state index in [0.29, 0.717) is 6.54 Å². The van der Waals surface area contributed by atoms with Crippen molar-refractivity contribution < 1.29 is 9.59 Å². The Kier molecular flexibility index (Phi) is 2.93. The average molecular weight is 210 g/mol. The molecule has 0 aromatic carbocycles. The number of hydrogen-bond acceptors (Lipinski definition) is 2. The van der Waals surface area contributed by atoms with E-state index >= 15 is 0 Å². The molecule has 2 fully saturated rings. The highest BCUT2D eigenvalue weighted by Gasteiger charge is 2.36. The summed E-state index contributed by atoms with van der Waals surface area (Å²) in [5.41, 5.74) is 0. The monoisotopic (exact) mass is 210 g/mol. The number of carbonyl (C=O) groups excluding carboxylic acids is 2. The number of rotatable bonds is 1. The Hall–Kier alpha value is -1.06. The highest BCUT2D eigenvalue weighted by molar-refractivity contribution is 5.98. The fourth-order valence-electron chi connectivity index (χ4n) is 2.44. The van der Waals surface area contributed by atoms with Gasteiger partial charge in [0, 0.05) is 12.6 Å². The molecular formula is C11H18N2O2. The highest BCUT2D eigenvalue weighted by Crippen LogP contribution is 2.25. The molecule has 15 heavy (non-hydrogen) atoms. The normalized spacial score (nSPS) is 29.1. The average Bonchev–Trinajstić information content (AvgIpc) is 2.26. The summed E-state index contributed by atoms with van der Waals surface area (Å²) in [6.07, 6.45) is 5.46. The van der Waals surface area contributed by atoms with Gasteiger partial charge in [-0.15, -0.1) is 0 Å². The second kappa shape index (κ2) is 4.21. The third kappa shape index (κ3) is 1.98. The van der Waals surface area contributed by atoms with Crippen LogP contribution in [-0.4, -0.2) is 29.4 Å². The molecule has 2 rings (SSSR count). The molecule has 1 N–H and O–H groups in total. The van der Waals surface area contributed by atoms with Crippen LogP contribution >= 0.6 is 0 Å². The van der Waals surface area contributed by atoms with Crippen LogP contribution in [0.15, 0.2) is 0 Å². The van der Waals surface area contributed by atoms with Gasteiger partial charge in [0.2, 0.25) is 5.91 Å². The Bertz CT molecular complexity index is 272. The molecule has 0 spiro atoms. The molecule has 0 bridgehead atoms. The molecule has 1 aliphatic carbocycles. The van der Waals surface area contributed by atoms with E-state index in [1.54, 1.807) is 0 Å². The zero-order valence-corrected chi connectivity index (χ0v) is 9.16. The van der Waals surface area contributed by atoms with Gasteiger partial charge in [0.25, 0.3) is 0 Å². The van der Waals surface area contributed by atoms with Crippen LogP contribution in [0.25, 0.3) is 0 Å². The topological polar surface area (TPSA) is 49.4 Å². The quantitative estimate of drug-likeness (QED) is 0.713. The first-order valence-corrected chi connectivity index (χ1v) is 5.81. The lowest BCUT2D eigenvalue weighted by atomic mass is 9.93. The van der Waals surface area contributed by atoms with E-state index in [1.807, 2.05) is 6.92 Å². The van der Waals surface area contributed by atoms with Crippen LogP contribution in [0.4, 0.5) is 4.79 Å². The number of imide groups is 1. The van der Waals surface area contributed by atoms with E-state index < -0.39 is 0 Å². The summed E-state index contributed by atoms with van der Waals surface area (Å²) < 4.78 is 0. The molecule has 84 valence electrons. The van der Waals surface area contributed by atoms with Gasteiger partial charge in [0.15, 0.2) is 0 Å². The van der Waals surface area contributed by atoms with Crippen molar-refractivity contribution in [2.75, 3.05) is 6.54 Å². The van der Waals surface area contributed by atoms with E-state index in [0.717, 1.165) is 25.7 Å². The third-order valence-electron chi connectivity index (χ3n) is 3.38. The number of nitrogens with one attached hydrogen (secondary N) is 1. The molecule has 4 nitrogen and oxygen atoms in total. The Morgan fingerprint density at radius 1 is 1.20 bits per heavy atom. The minimum absolute atomic E-state index is 0.00523. The Labute approximate surface area is 90.0 Å². The Morgan fingerprint density at radius 2 is 1.87 bits per heavy atom. The lowest BCUT2D eigenvalue weighted by Gasteiger charge is -2.37. The number of hydrogen-bond donors (Lipinski definition) is 1. The van der Waals surface area contributed by atoms with Gasteiger partial charge in [-0.2, -0.15) is 0 Å². The van der Waals surface area contributed by atoms with E-state index in [-0.39, 0.29) is 23.9 Å². The molecule has 0 aromatic rings. The molecule has 1 atom stereocenters. The molecule has 1 heterocycles. The molecule has 2 aliphatic rings. The van der Waals surface area contributed by atoms with Crippen LogP contribution in [-0.2, 0) is 4.79 Å². The fourth-order valence-corrected chi connectivity index (χ4v) is 2.44. The molecule has 0 aromatic heterocycles. The van der Waals surface area contributed by atoms with E-state index in [1.165, 1.54) is 11.3 Å². The van der Waals surface area contributed by atoms with Gasteiger partial charge in [-0.1, -0.05) is 26.2 Å². The minimum atomic E-state index is -0.190. The van der Waals surface area contributed by atoms with Crippen LogP contribution in [0.3, 0.4) is 0 Å². The molecule has 1 saturated carbocycles. The number of nitrogens with zero attached hydrogens (tertiary/aromatic N) is 1. The first kappa shape index (κ1) is 10.5. The molecule has 1 aliphatic heterocycles. The second-order valence-electron chi connectivity index (χ2n) is 4.59. The summed E-state index contributed by atoms with van der Waals surface area (Å²) in [6, 6.07) is -0.0426. The molecule has 0 radical (unpaired) electrons. The number of urea groups is 1. The van der Waals surface area contributed by atoms with E-state index in [4.69, 9.17) is 0 Å². The van der Waals surface area contributed by atoms with Crippen molar-refractivity contribution in [2.24, 2.45) is 5.92 Å². The van der Waals surface area contributed by atoms with Crippen LogP contribution in [0.2, 0.25) is 0 Å². The molecule has 4 heteroatoms. The maximum Gasteiger partial charge on any atom is 0.324 e. The smallest absolute Gasteiger partial charge is 0.324 e. The molecule has 1 saturated heterocycles. The summed E-state index contributed by atoms with van der Waals surface area (Å²) in [5.74, 6) is -0.0599. The van der Waals surface area contributed by atoms with Crippen molar-refractivity contribution in [3.8, 4) is 0 Å². The zero-order chi connectivity index (χ0) is 10.8. The van der Waals surface area contributed by atoms with Crippen molar-refractivity contribution >= 4 is 11.9 Å². The van der Waals surface area contributed by atoms with Gasteiger partial charge in [0.1, 0.15) is 0 Å². The van der Waals surface area contributed by atoms with Gasteiger partial charge in [-0.25, -0.2) is 4.79 Å². The fraction of sp³-hybridized carbons (Fsp3) is 0.818. The van der Waals surface area contributed by atoms with Crippen LogP contribution < -0.4 is 5.32 Å². The van der Waals surface area contributed by atoms with Crippen LogP contribution in [0, 0.1) is 5.92 Å². The second-order valence-corrected chi connectivity index (χ2v) is 4.59. The van der Waals surface area contributed by atoms with Crippen molar-refractivity contribution in [1.82, 2.24) is 10.2 Å². The van der Waals surface area contributed by atoms with Gasteiger partial charge in [-0.05, 0) is 12.8 Å². The van der Waals surface area contributed by atoms with Crippen molar-refractivity contribution in [3.05, 3.63) is 0 Å². The van der Waals surface area contributed by atoms with Gasteiger partial charge >= 0.3 is 6.03 Å². The number of amides is 3. The van der Waals surface area contributed by atoms with Crippen LogP contribution in [0.1, 0.15) is 39.0 Å². The van der Waals surface area contributed by atoms with Crippen molar-refractivity contribution in [3.63, 3.8) is 0 Å². The molecule has 1 unspecified atom stereocenters. The summed E-state index contributed by atoms with van der Waals surface area (Å²) in [7, 11) is 0. The SMILES string of the molecule is CC1CNC(=O)N(C2CCCCC2)C1=O. The van der Waals surface area contributed by atoms with E-state index in [9.17, 15) is 9.59 Å². The molecular weight excluding hydrogens is 192 g/mol. The highest BCUT2D eigenvalue weighted by atomic mass is 16.2. The maximum atomic E-state index is 11.9. The zero-order valence-electron chi connectivity index (χ0n) is 9.16. The summed E-state index contributed by atoms with van der Waals surface area (Å²) in [5, 5.41) is 2.78. The predicted octanol–water partition coefficient (Wildman–Crippen LogP) is 1.51. The first-order valence-electron chi connectivity index (χ1n) is 5.81. The van der Waals surface area contributed by atoms with Gasteiger partial charge < -0.3 is 5.32 Å². The maximum absolute atomic E-state index is 11.9. The largest absolute Gasteiger partial charge is 0.337 e. The predicted molar refractivity (Wildman–Crippen MR) is 56.3 cm³/mol.